The molecule has 0 heterocycles. The van der Waals surface area contributed by atoms with Crippen LogP contribution in [0.1, 0.15) is 50.5 Å². The first-order valence-electron chi connectivity index (χ1n) is 8.42. The number of ketones is 1. The fraction of sp³-hybridized carbons (Fsp3) is 0.556. The first-order chi connectivity index (χ1) is 11.2. The van der Waals surface area contributed by atoms with Crippen molar-refractivity contribution >= 4 is 11.9 Å². The second-order valence-corrected chi connectivity index (χ2v) is 6.30. The number of carbonyl (C=O) groups excluding carboxylic acids is 2. The van der Waals surface area contributed by atoms with Crippen LogP contribution in [-0.2, 0) is 16.1 Å². The molecule has 0 saturated heterocycles. The van der Waals surface area contributed by atoms with Gasteiger partial charge in [-0.2, -0.15) is 0 Å². The molecule has 2 fully saturated rings. The van der Waals surface area contributed by atoms with Gasteiger partial charge in [0.25, 0.3) is 0 Å². The van der Waals surface area contributed by atoms with E-state index < -0.39 is 6.09 Å². The van der Waals surface area contributed by atoms with Crippen molar-refractivity contribution in [1.29, 1.82) is 0 Å². The van der Waals surface area contributed by atoms with E-state index in [4.69, 9.17) is 9.47 Å². The summed E-state index contributed by atoms with van der Waals surface area (Å²) < 4.78 is 11.1. The minimum Gasteiger partial charge on any atom is -0.490 e. The molecule has 2 aliphatic carbocycles. The molecule has 5 nitrogen and oxygen atoms in total. The third-order valence-electron chi connectivity index (χ3n) is 4.51. The number of carbonyl (C=O) groups is 2. The Kier molecular flexibility index (Phi) is 5.16. The van der Waals surface area contributed by atoms with Crippen molar-refractivity contribution in [1.82, 2.24) is 5.32 Å². The number of benzene rings is 1. The van der Waals surface area contributed by atoms with Gasteiger partial charge >= 0.3 is 6.09 Å². The molecule has 0 aliphatic heterocycles. The molecule has 3 rings (SSSR count). The van der Waals surface area contributed by atoms with Crippen molar-refractivity contribution in [3.05, 3.63) is 29.8 Å². The lowest BCUT2D eigenvalue weighted by Gasteiger charge is -2.24. The second kappa shape index (κ2) is 7.49. The van der Waals surface area contributed by atoms with Gasteiger partial charge in [-0.15, -0.1) is 0 Å². The molecule has 1 amide bonds. The molecule has 2 saturated carbocycles. The van der Waals surface area contributed by atoms with Gasteiger partial charge in [0.2, 0.25) is 0 Å². The molecule has 0 spiro atoms. The molecular weight excluding hydrogens is 294 g/mol. The molecule has 0 aromatic heterocycles. The van der Waals surface area contributed by atoms with Crippen LogP contribution in [0, 0.1) is 0 Å². The van der Waals surface area contributed by atoms with Crippen molar-refractivity contribution in [2.45, 2.75) is 63.7 Å². The largest absolute Gasteiger partial charge is 0.490 e. The van der Waals surface area contributed by atoms with Crippen LogP contribution in [0.5, 0.6) is 5.75 Å². The maximum atomic E-state index is 11.6. The molecule has 0 radical (unpaired) electrons. The summed E-state index contributed by atoms with van der Waals surface area (Å²) in [4.78, 5) is 22.7. The molecule has 2 aliphatic rings. The maximum absolute atomic E-state index is 11.6. The van der Waals surface area contributed by atoms with E-state index in [0.29, 0.717) is 18.9 Å². The van der Waals surface area contributed by atoms with E-state index in [1.54, 1.807) is 0 Å². The summed E-state index contributed by atoms with van der Waals surface area (Å²) in [5, 5.41) is 2.57. The van der Waals surface area contributed by atoms with Crippen LogP contribution < -0.4 is 10.1 Å². The van der Waals surface area contributed by atoms with Crippen LogP contribution in [0.4, 0.5) is 4.79 Å². The lowest BCUT2D eigenvalue weighted by molar-refractivity contribution is -0.126. The fourth-order valence-electron chi connectivity index (χ4n) is 2.93. The van der Waals surface area contributed by atoms with Gasteiger partial charge in [0.05, 0.1) is 12.1 Å². The number of ether oxygens (including phenoxy) is 2. The zero-order chi connectivity index (χ0) is 16.1. The zero-order valence-corrected chi connectivity index (χ0v) is 13.3. The molecule has 1 aromatic rings. The Bertz CT molecular complexity index is 549. The van der Waals surface area contributed by atoms with E-state index in [-0.39, 0.29) is 18.4 Å². The van der Waals surface area contributed by atoms with Gasteiger partial charge in [-0.05, 0) is 49.8 Å². The molecule has 1 N–H and O–H groups in total. The molecule has 124 valence electrons. The molecule has 23 heavy (non-hydrogen) atoms. The SMILES string of the molecule is O=C(N[C@H]1CCC1=O)OCc1ccc(OC2CCCCC2)cc1. The fourth-order valence-corrected chi connectivity index (χ4v) is 2.93. The molecule has 0 bridgehead atoms. The van der Waals surface area contributed by atoms with Crippen molar-refractivity contribution in [3.63, 3.8) is 0 Å². The van der Waals surface area contributed by atoms with Crippen molar-refractivity contribution in [2.24, 2.45) is 0 Å². The van der Waals surface area contributed by atoms with Gasteiger partial charge in [0.15, 0.2) is 5.78 Å². The molecular formula is C18H23NO4. The molecule has 1 atom stereocenters. The van der Waals surface area contributed by atoms with E-state index in [1.165, 1.54) is 19.3 Å². The van der Waals surface area contributed by atoms with E-state index in [0.717, 1.165) is 24.2 Å². The molecule has 0 unspecified atom stereocenters. The first-order valence-corrected chi connectivity index (χ1v) is 8.42. The minimum absolute atomic E-state index is 0.0752. The van der Waals surface area contributed by atoms with Crippen molar-refractivity contribution < 1.29 is 19.1 Å². The van der Waals surface area contributed by atoms with Gasteiger partial charge < -0.3 is 14.8 Å². The third kappa shape index (κ3) is 4.47. The zero-order valence-electron chi connectivity index (χ0n) is 13.3. The van der Waals surface area contributed by atoms with Gasteiger partial charge in [-0.1, -0.05) is 18.6 Å². The molecule has 5 heteroatoms. The summed E-state index contributed by atoms with van der Waals surface area (Å²) in [6.45, 7) is 0.191. The Labute approximate surface area is 136 Å². The lowest BCUT2D eigenvalue weighted by Crippen LogP contribution is -2.47. The van der Waals surface area contributed by atoms with Gasteiger partial charge in [0.1, 0.15) is 12.4 Å². The van der Waals surface area contributed by atoms with Crippen LogP contribution in [0.25, 0.3) is 0 Å². The van der Waals surface area contributed by atoms with Gasteiger partial charge in [0, 0.05) is 6.42 Å². The van der Waals surface area contributed by atoms with Crippen LogP contribution >= 0.6 is 0 Å². The number of hydrogen-bond acceptors (Lipinski definition) is 4. The number of rotatable bonds is 5. The number of amides is 1. The summed E-state index contributed by atoms with van der Waals surface area (Å²) in [6.07, 6.45) is 7.11. The first kappa shape index (κ1) is 15.8. The predicted molar refractivity (Wildman–Crippen MR) is 85.3 cm³/mol. The predicted octanol–water partition coefficient (Wildman–Crippen LogP) is 3.36. The van der Waals surface area contributed by atoms with Crippen molar-refractivity contribution in [2.75, 3.05) is 0 Å². The third-order valence-corrected chi connectivity index (χ3v) is 4.51. The monoisotopic (exact) mass is 317 g/mol. The van der Waals surface area contributed by atoms with Gasteiger partial charge in [-0.3, -0.25) is 4.79 Å². The normalized spacial score (nSPS) is 21.4. The minimum atomic E-state index is -0.536. The number of hydrogen-bond donors (Lipinski definition) is 1. The highest BCUT2D eigenvalue weighted by Gasteiger charge is 2.29. The van der Waals surface area contributed by atoms with E-state index in [2.05, 4.69) is 5.32 Å². The smallest absolute Gasteiger partial charge is 0.408 e. The van der Waals surface area contributed by atoms with Crippen LogP contribution in [0.2, 0.25) is 0 Å². The van der Waals surface area contributed by atoms with Crippen molar-refractivity contribution in [3.8, 4) is 5.75 Å². The highest BCUT2D eigenvalue weighted by Crippen LogP contribution is 2.23. The average Bonchev–Trinajstić information content (AvgIpc) is 2.59. The van der Waals surface area contributed by atoms with E-state index in [1.807, 2.05) is 24.3 Å². The summed E-state index contributed by atoms with van der Waals surface area (Å²) >= 11 is 0. The van der Waals surface area contributed by atoms with Crippen LogP contribution in [0.3, 0.4) is 0 Å². The second-order valence-electron chi connectivity index (χ2n) is 6.30. The lowest BCUT2D eigenvalue weighted by atomic mass is 9.91. The van der Waals surface area contributed by atoms with E-state index in [9.17, 15) is 9.59 Å². The summed E-state index contributed by atoms with van der Waals surface area (Å²) in [7, 11) is 0. The van der Waals surface area contributed by atoms with Crippen LogP contribution in [-0.4, -0.2) is 24.0 Å². The van der Waals surface area contributed by atoms with E-state index >= 15 is 0 Å². The number of alkyl carbamates (subject to hydrolysis) is 1. The summed E-state index contributed by atoms with van der Waals surface area (Å²) in [5.74, 6) is 0.941. The number of nitrogens with one attached hydrogen (secondary N) is 1. The highest BCUT2D eigenvalue weighted by molar-refractivity contribution is 5.92. The number of Topliss-reactive ketones (excluding diaryl/α,β-unsaturated/α-hetero) is 1. The summed E-state index contributed by atoms with van der Waals surface area (Å²) in [5.41, 5.74) is 0.899. The summed E-state index contributed by atoms with van der Waals surface area (Å²) in [6, 6.07) is 7.29. The van der Waals surface area contributed by atoms with Gasteiger partial charge in [-0.25, -0.2) is 4.79 Å². The topological polar surface area (TPSA) is 64.6 Å². The standard InChI is InChI=1S/C18H23NO4/c20-17-11-10-16(17)19-18(21)22-12-13-6-8-15(9-7-13)23-14-4-2-1-3-5-14/h6-9,14,16H,1-5,10-12H2,(H,19,21)/t16-/m0/s1. The Balaban J connectivity index is 1.41. The average molecular weight is 317 g/mol. The van der Waals surface area contributed by atoms with Crippen LogP contribution in [0.15, 0.2) is 24.3 Å². The Morgan fingerprint density at radius 1 is 1.09 bits per heavy atom. The quantitative estimate of drug-likeness (QED) is 0.904. The Morgan fingerprint density at radius 2 is 1.83 bits per heavy atom. The Hall–Kier alpha value is -2.04. The maximum Gasteiger partial charge on any atom is 0.408 e. The molecule has 1 aromatic carbocycles. The highest BCUT2D eigenvalue weighted by atomic mass is 16.5. The Morgan fingerprint density at radius 3 is 2.43 bits per heavy atom.